The molecule has 0 saturated carbocycles. The molecule has 12 rings (SSSR count). The molecule has 0 amide bonds. The summed E-state index contributed by atoms with van der Waals surface area (Å²) >= 11 is 0. The maximum absolute atomic E-state index is 11.4. The van der Waals surface area contributed by atoms with E-state index in [4.69, 9.17) is 0 Å². The summed E-state index contributed by atoms with van der Waals surface area (Å²) in [6, 6.07) is 34.1. The van der Waals surface area contributed by atoms with Gasteiger partial charge in [0, 0.05) is 224 Å². The predicted molar refractivity (Wildman–Crippen MR) is 511 cm³/mol. The molecule has 18 nitrogen and oxygen atoms in total. The van der Waals surface area contributed by atoms with Crippen LogP contribution in [0.2, 0.25) is 0 Å². The van der Waals surface area contributed by atoms with Crippen LogP contribution in [0.4, 0.5) is 11.4 Å². The highest BCUT2D eigenvalue weighted by Crippen LogP contribution is 2.41. The van der Waals surface area contributed by atoms with Gasteiger partial charge in [-0.25, -0.2) is 0 Å². The zero-order valence-electron chi connectivity index (χ0n) is 80.7. The largest absolute Gasteiger partial charge is 0.507 e. The Morgan fingerprint density at radius 1 is 0.254 bits per heavy atom. The minimum absolute atomic E-state index is 0.000391. The van der Waals surface area contributed by atoms with Gasteiger partial charge >= 0.3 is 0 Å². The summed E-state index contributed by atoms with van der Waals surface area (Å²) in [5.41, 5.74) is 20.6. The summed E-state index contributed by atoms with van der Waals surface area (Å²) in [4.78, 5) is 9.56. The first kappa shape index (κ1) is 98.3. The molecule has 0 atom stereocenters. The third-order valence-corrected chi connectivity index (χ3v) is 24.7. The van der Waals surface area contributed by atoms with Crippen molar-refractivity contribution < 1.29 is 30.6 Å². The number of anilines is 2. The molecular formula is C104H162N12O6. The van der Waals surface area contributed by atoms with E-state index in [0.717, 1.165) is 170 Å². The van der Waals surface area contributed by atoms with Crippen LogP contribution < -0.4 is 42.5 Å². The Morgan fingerprint density at radius 2 is 0.434 bits per heavy atom. The molecule has 0 radical (unpaired) electrons. The van der Waals surface area contributed by atoms with E-state index in [9.17, 15) is 30.6 Å². The Balaban J connectivity index is 0.000000208. The number of phenols is 6. The van der Waals surface area contributed by atoms with Gasteiger partial charge in [0.15, 0.2) is 0 Å². The normalized spacial score (nSPS) is 20.0. The molecule has 7 aromatic rings. The topological polar surface area (TPSA) is 231 Å². The summed E-state index contributed by atoms with van der Waals surface area (Å²) in [5.74, 6) is 2.36. The number of fused-ring (bicyclic) bond motifs is 17. The third kappa shape index (κ3) is 28.0. The van der Waals surface area contributed by atoms with Crippen LogP contribution in [0.5, 0.6) is 34.5 Å². The van der Waals surface area contributed by atoms with Gasteiger partial charge in [-0.15, -0.1) is 0 Å². The number of aromatic hydroxyl groups is 6. The fraction of sp³-hybridized carbons (Fsp3) is 0.596. The minimum atomic E-state index is -0.0449. The van der Waals surface area contributed by atoms with Crippen LogP contribution >= 0.6 is 0 Å². The maximum atomic E-state index is 11.4. The van der Waals surface area contributed by atoms with Gasteiger partial charge in [0.1, 0.15) is 34.5 Å². The standard InChI is InChI=1S/C36H60N4O2.C35H50N4O2.C33H52N4O2/c1-33(2,3)29-13-25-17-37-21-35(7,8)22-38-18-26-14-30(34(4,5)6)16-28(32(26)42)20-40(12)24-36(9,10)23-39(11)19-27(15-29)31(25)41;1-33(2,3)27-13-23-17-36-21-35(7,8)22-37-18-24-14-28(34(4,5)6)16-26(32(24)41)20-39-30-12-10-9-11-29(30)38-19-25(15-27)31(23)40;1-31(2,3)27-13-23-17-34-21-33(7,8)22-35-18-24-14-28(32(4,5)6)16-26(30(24)39)20-37-11-9-36(10-12-37)19-25(15-27)29(23)38/h13-16,37-38,41-42H,17-24H2,1-12H3;9-16,36-41H,17-22H2,1-8H3;13-16,34-35,38-39H,9-12,17-22H2,1-8H3. The molecule has 1 fully saturated rings. The van der Waals surface area contributed by atoms with Crippen LogP contribution in [0.3, 0.4) is 0 Å². The molecule has 0 aromatic heterocycles. The highest BCUT2D eigenvalue weighted by atomic mass is 16.3. The maximum Gasteiger partial charge on any atom is 0.125 e. The first-order chi connectivity index (χ1) is 56.4. The SMILES string of the molecule is CC1(C)CNCc2cc(C(C)(C)C)cc(c2O)CN2CCN(CC2)Cc2cc(C(C)(C)C)cc(c2O)CNC1.CC1(C)CNCc2cc(C(C)(C)C)cc(c2O)CNc2ccccc2NCc2cc(C(C)(C)C)cc(c2O)CNC1.CN1Cc2cc(C(C)(C)C)cc(c2O)CNCC(C)(C)CNCc2cc(C(C)(C)C)cc(c2O)CN(C)CC(C)(C)C1. The molecule has 5 heterocycles. The molecule has 18 heteroatoms. The molecule has 0 spiro atoms. The van der Waals surface area contributed by atoms with Crippen molar-refractivity contribution in [3.63, 3.8) is 0 Å². The fourth-order valence-corrected chi connectivity index (χ4v) is 17.1. The van der Waals surface area contributed by atoms with E-state index in [1.54, 1.807) is 0 Å². The van der Waals surface area contributed by atoms with Crippen molar-refractivity contribution in [3.05, 3.63) is 197 Å². The summed E-state index contributed by atoms with van der Waals surface area (Å²) < 4.78 is 0. The number of nitrogens with one attached hydrogen (secondary N) is 8. The molecule has 122 heavy (non-hydrogen) atoms. The number of phenolic OH excluding ortho intramolecular Hbond substituents is 6. The molecule has 7 aromatic carbocycles. The second kappa shape index (κ2) is 39.6. The highest BCUT2D eigenvalue weighted by Gasteiger charge is 2.32. The average Bonchev–Trinajstić information content (AvgIpc) is 0.882. The Labute approximate surface area is 737 Å². The zero-order valence-corrected chi connectivity index (χ0v) is 80.7. The van der Waals surface area contributed by atoms with E-state index < -0.39 is 0 Å². The van der Waals surface area contributed by atoms with E-state index in [-0.39, 0.29) is 54.1 Å². The van der Waals surface area contributed by atoms with Gasteiger partial charge in [-0.1, -0.05) is 253 Å². The van der Waals surface area contributed by atoms with E-state index in [1.165, 1.54) is 33.4 Å². The van der Waals surface area contributed by atoms with Crippen molar-refractivity contribution in [2.75, 3.05) is 103 Å². The summed E-state index contributed by atoms with van der Waals surface area (Å²) in [5, 5.41) is 96.9. The summed E-state index contributed by atoms with van der Waals surface area (Å²) in [6.07, 6.45) is 0. The Kier molecular flexibility index (Phi) is 31.9. The van der Waals surface area contributed by atoms with Gasteiger partial charge in [-0.05, 0) is 126 Å². The quantitative estimate of drug-likeness (QED) is 0.0677. The van der Waals surface area contributed by atoms with E-state index in [2.05, 4.69) is 329 Å². The van der Waals surface area contributed by atoms with Crippen molar-refractivity contribution in [2.45, 2.75) is 291 Å². The highest BCUT2D eigenvalue weighted by molar-refractivity contribution is 5.69. The van der Waals surface area contributed by atoms with E-state index in [1.807, 2.05) is 24.3 Å². The Hall–Kier alpha value is -7.46. The number of para-hydroxylation sites is 2. The minimum Gasteiger partial charge on any atom is -0.507 e. The molecule has 5 aliphatic rings. The van der Waals surface area contributed by atoms with Crippen molar-refractivity contribution in [2.24, 2.45) is 21.7 Å². The van der Waals surface area contributed by atoms with Gasteiger partial charge in [-0.3, -0.25) is 9.80 Å². The fourth-order valence-electron chi connectivity index (χ4n) is 17.1. The Morgan fingerprint density at radius 3 is 0.639 bits per heavy atom. The molecule has 5 aliphatic heterocycles. The van der Waals surface area contributed by atoms with Crippen LogP contribution in [-0.2, 0) is 111 Å². The number of hydrogen-bond donors (Lipinski definition) is 14. The van der Waals surface area contributed by atoms with Crippen molar-refractivity contribution in [1.82, 2.24) is 51.5 Å². The first-order valence-electron chi connectivity index (χ1n) is 45.2. The molecule has 0 unspecified atom stereocenters. The molecule has 14 bridgehead atoms. The molecule has 674 valence electrons. The lowest BCUT2D eigenvalue weighted by Crippen LogP contribution is -2.45. The van der Waals surface area contributed by atoms with Crippen LogP contribution in [0, 0.1) is 21.7 Å². The van der Waals surface area contributed by atoms with Crippen LogP contribution in [0.15, 0.2) is 97.1 Å². The van der Waals surface area contributed by atoms with Gasteiger partial charge < -0.3 is 83.0 Å². The Bertz CT molecular complexity index is 4380. The van der Waals surface area contributed by atoms with E-state index in [0.29, 0.717) is 99.9 Å². The smallest absolute Gasteiger partial charge is 0.125 e. The molecular weight excluding hydrogens is 1510 g/mol. The van der Waals surface area contributed by atoms with Crippen molar-refractivity contribution >= 4 is 11.4 Å². The van der Waals surface area contributed by atoms with E-state index >= 15 is 0 Å². The first-order valence-corrected chi connectivity index (χ1v) is 45.2. The van der Waals surface area contributed by atoms with Gasteiger partial charge in [0.2, 0.25) is 0 Å². The zero-order chi connectivity index (χ0) is 90.3. The summed E-state index contributed by atoms with van der Waals surface area (Å²) in [7, 11) is 4.30. The number of hydrogen-bond acceptors (Lipinski definition) is 18. The monoisotopic (exact) mass is 1680 g/mol. The lowest BCUT2D eigenvalue weighted by Gasteiger charge is -2.35. The van der Waals surface area contributed by atoms with Crippen LogP contribution in [0.1, 0.15) is 280 Å². The number of nitrogens with zero attached hydrogens (tertiary/aromatic N) is 4. The second-order valence-electron chi connectivity index (χ2n) is 45.8. The molecule has 0 aliphatic carbocycles. The van der Waals surface area contributed by atoms with Gasteiger partial charge in [0.05, 0.1) is 11.4 Å². The van der Waals surface area contributed by atoms with Gasteiger partial charge in [0.25, 0.3) is 0 Å². The number of piperazine rings is 1. The lowest BCUT2D eigenvalue weighted by molar-refractivity contribution is 0.120. The lowest BCUT2D eigenvalue weighted by atomic mass is 9.84. The summed E-state index contributed by atoms with van der Waals surface area (Å²) in [6.45, 7) is 76.0. The predicted octanol–water partition coefficient (Wildman–Crippen LogP) is 18.9. The van der Waals surface area contributed by atoms with Crippen LogP contribution in [-0.4, -0.2) is 143 Å². The molecule has 1 saturated heterocycles. The third-order valence-electron chi connectivity index (χ3n) is 24.7. The van der Waals surface area contributed by atoms with Crippen LogP contribution in [0.25, 0.3) is 0 Å². The van der Waals surface area contributed by atoms with Crippen molar-refractivity contribution in [3.8, 4) is 34.5 Å². The number of rotatable bonds is 0. The average molecular weight is 1680 g/mol. The van der Waals surface area contributed by atoms with Gasteiger partial charge in [-0.2, -0.15) is 0 Å². The molecule has 14 N–H and O–H groups in total. The number of benzene rings is 7. The second-order valence-corrected chi connectivity index (χ2v) is 45.8. The van der Waals surface area contributed by atoms with Crippen molar-refractivity contribution in [1.29, 1.82) is 0 Å².